The van der Waals surface area contributed by atoms with Crippen molar-refractivity contribution in [2.45, 2.75) is 0 Å². The molecular formula is C8H9N3O. The Labute approximate surface area is 70.0 Å². The molecule has 0 bridgehead atoms. The van der Waals surface area contributed by atoms with Crippen LogP contribution in [0.2, 0.25) is 0 Å². The van der Waals surface area contributed by atoms with E-state index in [9.17, 15) is 0 Å². The van der Waals surface area contributed by atoms with Gasteiger partial charge in [-0.3, -0.25) is 10.8 Å². The molecule has 0 saturated carbocycles. The van der Waals surface area contributed by atoms with Crippen LogP contribution in [0.25, 0.3) is 0 Å². The molecule has 4 N–H and O–H groups in total. The van der Waals surface area contributed by atoms with Crippen LogP contribution in [-0.2, 0) is 0 Å². The third-order valence-electron chi connectivity index (χ3n) is 1.21. The number of nitrogens with two attached hydrogens (primary N) is 1. The van der Waals surface area contributed by atoms with Crippen LogP contribution in [0, 0.1) is 10.8 Å². The lowest BCUT2D eigenvalue weighted by molar-refractivity contribution is 0.554. The number of ether oxygens (including phenoxy) is 1. The quantitative estimate of drug-likeness (QED) is 0.426. The predicted molar refractivity (Wildman–Crippen MR) is 46.7 cm³/mol. The van der Waals surface area contributed by atoms with Crippen LogP contribution in [0.3, 0.4) is 0 Å². The van der Waals surface area contributed by atoms with Gasteiger partial charge in [0.15, 0.2) is 5.84 Å². The first-order chi connectivity index (χ1) is 5.70. The van der Waals surface area contributed by atoms with Gasteiger partial charge in [0.1, 0.15) is 5.75 Å². The maximum absolute atomic E-state index is 7.11. The molecule has 4 nitrogen and oxygen atoms in total. The van der Waals surface area contributed by atoms with Crippen LogP contribution < -0.4 is 10.5 Å². The van der Waals surface area contributed by atoms with Crippen molar-refractivity contribution in [1.82, 2.24) is 0 Å². The summed E-state index contributed by atoms with van der Waals surface area (Å²) < 4.78 is 4.91. The average molecular weight is 163 g/mol. The van der Waals surface area contributed by atoms with Crippen LogP contribution in [-0.4, -0.2) is 11.7 Å². The van der Waals surface area contributed by atoms with Crippen molar-refractivity contribution < 1.29 is 4.74 Å². The van der Waals surface area contributed by atoms with Gasteiger partial charge in [-0.25, -0.2) is 0 Å². The highest BCUT2D eigenvalue weighted by Crippen LogP contribution is 2.07. The van der Waals surface area contributed by atoms with Gasteiger partial charge in [0.25, 0.3) is 5.90 Å². The van der Waals surface area contributed by atoms with E-state index in [-0.39, 0.29) is 11.7 Å². The molecule has 0 heterocycles. The molecule has 0 aromatic heterocycles. The van der Waals surface area contributed by atoms with Crippen LogP contribution >= 0.6 is 0 Å². The molecule has 0 spiro atoms. The first-order valence-corrected chi connectivity index (χ1v) is 3.36. The number of hydrogen-bond acceptors (Lipinski definition) is 3. The predicted octanol–water partition coefficient (Wildman–Crippen LogP) is 0.979. The van der Waals surface area contributed by atoms with E-state index in [4.69, 9.17) is 21.3 Å². The number of amidine groups is 1. The van der Waals surface area contributed by atoms with Gasteiger partial charge in [-0.1, -0.05) is 18.2 Å². The van der Waals surface area contributed by atoms with Gasteiger partial charge < -0.3 is 10.5 Å². The number of rotatable bonds is 1. The summed E-state index contributed by atoms with van der Waals surface area (Å²) in [5, 5.41) is 14.0. The van der Waals surface area contributed by atoms with Crippen molar-refractivity contribution >= 4 is 11.7 Å². The Morgan fingerprint density at radius 3 is 2.25 bits per heavy atom. The number of hydrogen-bond donors (Lipinski definition) is 3. The van der Waals surface area contributed by atoms with Gasteiger partial charge in [-0.05, 0) is 12.1 Å². The van der Waals surface area contributed by atoms with Crippen molar-refractivity contribution in [1.29, 1.82) is 10.8 Å². The molecule has 0 aliphatic carbocycles. The molecule has 1 aromatic carbocycles. The highest BCUT2D eigenvalue weighted by Gasteiger charge is 2.01. The summed E-state index contributed by atoms with van der Waals surface area (Å²) in [4.78, 5) is 0. The van der Waals surface area contributed by atoms with Crippen molar-refractivity contribution in [2.24, 2.45) is 5.73 Å². The molecule has 0 atom stereocenters. The van der Waals surface area contributed by atoms with Crippen molar-refractivity contribution in [3.63, 3.8) is 0 Å². The molecule has 0 saturated heterocycles. The Kier molecular flexibility index (Phi) is 2.42. The summed E-state index contributed by atoms with van der Waals surface area (Å²) in [6.07, 6.45) is 0. The van der Waals surface area contributed by atoms with Gasteiger partial charge >= 0.3 is 0 Å². The van der Waals surface area contributed by atoms with Crippen LogP contribution in [0.1, 0.15) is 0 Å². The highest BCUT2D eigenvalue weighted by molar-refractivity contribution is 6.35. The van der Waals surface area contributed by atoms with E-state index in [1.54, 1.807) is 24.3 Å². The Balaban J connectivity index is 2.65. The van der Waals surface area contributed by atoms with E-state index in [0.717, 1.165) is 0 Å². The number of benzene rings is 1. The smallest absolute Gasteiger partial charge is 0.254 e. The minimum atomic E-state index is -0.376. The molecule has 0 aliphatic heterocycles. The lowest BCUT2D eigenvalue weighted by Gasteiger charge is -2.03. The molecule has 62 valence electrons. The molecule has 0 amide bonds. The Hall–Kier alpha value is -1.84. The fourth-order valence-electron chi connectivity index (χ4n) is 0.661. The van der Waals surface area contributed by atoms with E-state index in [1.165, 1.54) is 0 Å². The largest absolute Gasteiger partial charge is 0.436 e. The molecule has 0 unspecified atom stereocenters. The Morgan fingerprint density at radius 1 is 1.17 bits per heavy atom. The molecule has 1 rings (SSSR count). The van der Waals surface area contributed by atoms with E-state index >= 15 is 0 Å². The molecule has 4 heteroatoms. The van der Waals surface area contributed by atoms with Gasteiger partial charge in [0.2, 0.25) is 0 Å². The monoisotopic (exact) mass is 163 g/mol. The van der Waals surface area contributed by atoms with E-state index in [0.29, 0.717) is 5.75 Å². The standard InChI is InChI=1S/C8H9N3O/c9-7(10)8(11)12-6-4-2-1-3-5-6/h1-5,11H,(H3,9,10). The van der Waals surface area contributed by atoms with Crippen LogP contribution in [0.5, 0.6) is 5.75 Å². The second-order valence-electron chi connectivity index (χ2n) is 2.16. The Morgan fingerprint density at radius 2 is 1.75 bits per heavy atom. The summed E-state index contributed by atoms with van der Waals surface area (Å²) in [7, 11) is 0. The summed E-state index contributed by atoms with van der Waals surface area (Å²) >= 11 is 0. The molecule has 0 aliphatic rings. The zero-order valence-electron chi connectivity index (χ0n) is 6.37. The average Bonchev–Trinajstić information content (AvgIpc) is 2.06. The first kappa shape index (κ1) is 8.26. The molecular weight excluding hydrogens is 154 g/mol. The fourth-order valence-corrected chi connectivity index (χ4v) is 0.661. The molecule has 1 aromatic rings. The van der Waals surface area contributed by atoms with Crippen LogP contribution in [0.4, 0.5) is 0 Å². The first-order valence-electron chi connectivity index (χ1n) is 3.36. The molecule has 12 heavy (non-hydrogen) atoms. The lowest BCUT2D eigenvalue weighted by atomic mass is 10.3. The van der Waals surface area contributed by atoms with Gasteiger partial charge in [0.05, 0.1) is 0 Å². The SMILES string of the molecule is N=C(N)C(=N)Oc1ccccc1. The highest BCUT2D eigenvalue weighted by atomic mass is 16.5. The maximum Gasteiger partial charge on any atom is 0.254 e. The number of para-hydroxylation sites is 1. The molecule has 0 radical (unpaired) electrons. The summed E-state index contributed by atoms with van der Waals surface area (Å²) in [5.41, 5.74) is 5.02. The van der Waals surface area contributed by atoms with E-state index in [1.807, 2.05) is 6.07 Å². The van der Waals surface area contributed by atoms with Crippen molar-refractivity contribution in [3.8, 4) is 5.75 Å². The topological polar surface area (TPSA) is 83.0 Å². The van der Waals surface area contributed by atoms with Gasteiger partial charge in [-0.15, -0.1) is 0 Å². The third kappa shape index (κ3) is 2.09. The second kappa shape index (κ2) is 3.52. The van der Waals surface area contributed by atoms with Gasteiger partial charge in [0, 0.05) is 0 Å². The zero-order valence-corrected chi connectivity index (χ0v) is 6.37. The van der Waals surface area contributed by atoms with E-state index in [2.05, 4.69) is 0 Å². The summed E-state index contributed by atoms with van der Waals surface area (Å²) in [6, 6.07) is 8.78. The van der Waals surface area contributed by atoms with Crippen LogP contribution in [0.15, 0.2) is 30.3 Å². The van der Waals surface area contributed by atoms with Crippen molar-refractivity contribution in [3.05, 3.63) is 30.3 Å². The minimum Gasteiger partial charge on any atom is -0.436 e. The second-order valence-corrected chi connectivity index (χ2v) is 2.16. The minimum absolute atomic E-state index is 0.332. The van der Waals surface area contributed by atoms with E-state index < -0.39 is 0 Å². The summed E-state index contributed by atoms with van der Waals surface area (Å²) in [5.74, 6) is -0.197. The fraction of sp³-hybridized carbons (Fsp3) is 0. The maximum atomic E-state index is 7.11. The normalized spacial score (nSPS) is 9.00. The molecule has 0 fully saturated rings. The van der Waals surface area contributed by atoms with Crippen molar-refractivity contribution in [2.75, 3.05) is 0 Å². The zero-order chi connectivity index (χ0) is 8.97. The third-order valence-corrected chi connectivity index (χ3v) is 1.21. The van der Waals surface area contributed by atoms with Gasteiger partial charge in [-0.2, -0.15) is 0 Å². The Bertz CT molecular complexity index is 294. The lowest BCUT2D eigenvalue weighted by Crippen LogP contribution is -2.26. The summed E-state index contributed by atoms with van der Waals surface area (Å²) in [6.45, 7) is 0. The number of nitrogens with one attached hydrogen (secondary N) is 2.